The Bertz CT molecular complexity index is 1010. The van der Waals surface area contributed by atoms with Crippen molar-refractivity contribution in [3.05, 3.63) is 56.0 Å². The highest BCUT2D eigenvalue weighted by molar-refractivity contribution is 7.21. The lowest BCUT2D eigenvalue weighted by molar-refractivity contribution is 0.104. The largest absolute Gasteiger partial charge is 0.397 e. The Morgan fingerprint density at radius 2 is 2.12 bits per heavy atom. The van der Waals surface area contributed by atoms with Crippen molar-refractivity contribution in [2.24, 2.45) is 5.92 Å². The maximum Gasteiger partial charge on any atom is 0.206 e. The fraction of sp³-hybridized carbons (Fsp3) is 0.263. The van der Waals surface area contributed by atoms with E-state index in [1.54, 1.807) is 18.2 Å². The number of carbonyl (C=O) groups is 1. The van der Waals surface area contributed by atoms with Gasteiger partial charge >= 0.3 is 0 Å². The van der Waals surface area contributed by atoms with Gasteiger partial charge in [-0.2, -0.15) is 0 Å². The monoisotopic (exact) mass is 390 g/mol. The molecular formula is C19H16Cl2N2OS. The molecule has 1 atom stereocenters. The topological polar surface area (TPSA) is 56.0 Å². The van der Waals surface area contributed by atoms with Crippen LogP contribution in [0.1, 0.15) is 39.8 Å². The number of nitrogens with two attached hydrogens (primary N) is 1. The number of benzene rings is 1. The lowest BCUT2D eigenvalue weighted by Gasteiger charge is -2.20. The van der Waals surface area contributed by atoms with Crippen LogP contribution in [0, 0.1) is 5.92 Å². The van der Waals surface area contributed by atoms with Gasteiger partial charge in [0.15, 0.2) is 0 Å². The van der Waals surface area contributed by atoms with Gasteiger partial charge in [-0.1, -0.05) is 30.1 Å². The lowest BCUT2D eigenvalue weighted by atomic mass is 9.87. The van der Waals surface area contributed by atoms with Crippen LogP contribution in [0.2, 0.25) is 10.0 Å². The second-order valence-corrected chi connectivity index (χ2v) is 8.44. The van der Waals surface area contributed by atoms with E-state index >= 15 is 0 Å². The Morgan fingerprint density at radius 3 is 2.88 bits per heavy atom. The molecule has 0 bridgehead atoms. The van der Waals surface area contributed by atoms with Crippen molar-refractivity contribution in [3.63, 3.8) is 0 Å². The zero-order valence-corrected chi connectivity index (χ0v) is 15.9. The average Bonchev–Trinajstić information content (AvgIpc) is 2.88. The Balaban J connectivity index is 1.82. The SMILES string of the molecule is CC1CCc2nc3sc(C(=O)c4ccc(Cl)cc4Cl)c(N)c3cc2C1. The predicted molar refractivity (Wildman–Crippen MR) is 105 cm³/mol. The number of rotatable bonds is 2. The molecule has 2 aromatic heterocycles. The Hall–Kier alpha value is -1.62. The fourth-order valence-corrected chi connectivity index (χ4v) is 4.88. The van der Waals surface area contributed by atoms with E-state index in [0.717, 1.165) is 35.2 Å². The highest BCUT2D eigenvalue weighted by Crippen LogP contribution is 2.38. The Labute approximate surface area is 159 Å². The first-order chi connectivity index (χ1) is 11.9. The number of thiophene rings is 1. The number of ketones is 1. The van der Waals surface area contributed by atoms with Gasteiger partial charge in [-0.15, -0.1) is 11.3 Å². The minimum atomic E-state index is -0.187. The van der Waals surface area contributed by atoms with Gasteiger partial charge in [0.05, 0.1) is 10.7 Å². The molecule has 0 amide bonds. The molecule has 0 radical (unpaired) electrons. The summed E-state index contributed by atoms with van der Waals surface area (Å²) < 4.78 is 0. The summed E-state index contributed by atoms with van der Waals surface area (Å²) in [6.45, 7) is 2.25. The molecule has 2 heterocycles. The number of nitrogens with zero attached hydrogens (tertiary/aromatic N) is 1. The summed E-state index contributed by atoms with van der Waals surface area (Å²) in [6.07, 6.45) is 3.15. The van der Waals surface area contributed by atoms with E-state index in [2.05, 4.69) is 13.0 Å². The molecule has 3 aromatic rings. The lowest BCUT2D eigenvalue weighted by Crippen LogP contribution is -2.12. The van der Waals surface area contributed by atoms with Crippen LogP contribution in [0.5, 0.6) is 0 Å². The number of nitrogen functional groups attached to an aromatic ring is 1. The molecule has 6 heteroatoms. The summed E-state index contributed by atoms with van der Waals surface area (Å²) >= 11 is 13.4. The van der Waals surface area contributed by atoms with Gasteiger partial charge in [0, 0.05) is 21.7 Å². The van der Waals surface area contributed by atoms with Gasteiger partial charge in [-0.05, 0) is 55.0 Å². The molecule has 1 unspecified atom stereocenters. The zero-order valence-electron chi connectivity index (χ0n) is 13.6. The first-order valence-electron chi connectivity index (χ1n) is 8.14. The van der Waals surface area contributed by atoms with Crippen molar-refractivity contribution >= 4 is 56.2 Å². The molecular weight excluding hydrogens is 375 g/mol. The third-order valence-electron chi connectivity index (χ3n) is 4.71. The van der Waals surface area contributed by atoms with Crippen LogP contribution in [0.4, 0.5) is 5.69 Å². The summed E-state index contributed by atoms with van der Waals surface area (Å²) in [7, 11) is 0. The predicted octanol–water partition coefficient (Wildman–Crippen LogP) is 5.54. The number of fused-ring (bicyclic) bond motifs is 2. The van der Waals surface area contributed by atoms with Crippen molar-refractivity contribution < 1.29 is 4.79 Å². The summed E-state index contributed by atoms with van der Waals surface area (Å²) in [4.78, 5) is 19.0. The summed E-state index contributed by atoms with van der Waals surface area (Å²) in [6, 6.07) is 6.97. The van der Waals surface area contributed by atoms with E-state index in [1.165, 1.54) is 16.9 Å². The number of aryl methyl sites for hydroxylation is 1. The maximum atomic E-state index is 12.9. The van der Waals surface area contributed by atoms with Crippen LogP contribution in [0.25, 0.3) is 10.2 Å². The number of halogens is 2. The molecule has 1 aromatic carbocycles. The molecule has 0 fully saturated rings. The van der Waals surface area contributed by atoms with E-state index in [9.17, 15) is 4.79 Å². The van der Waals surface area contributed by atoms with Crippen LogP contribution in [-0.2, 0) is 12.8 Å². The molecule has 0 saturated carbocycles. The highest BCUT2D eigenvalue weighted by atomic mass is 35.5. The van der Waals surface area contributed by atoms with Gasteiger partial charge < -0.3 is 5.73 Å². The summed E-state index contributed by atoms with van der Waals surface area (Å²) in [5.41, 5.74) is 9.58. The third kappa shape index (κ3) is 2.92. The minimum absolute atomic E-state index is 0.187. The zero-order chi connectivity index (χ0) is 17.7. The van der Waals surface area contributed by atoms with Crippen molar-refractivity contribution in [1.82, 2.24) is 4.98 Å². The number of pyridine rings is 1. The fourth-order valence-electron chi connectivity index (χ4n) is 3.34. The highest BCUT2D eigenvalue weighted by Gasteiger charge is 2.23. The van der Waals surface area contributed by atoms with E-state index in [0.29, 0.717) is 32.1 Å². The second-order valence-electron chi connectivity index (χ2n) is 6.59. The third-order valence-corrected chi connectivity index (χ3v) is 6.38. The normalized spacial score (nSPS) is 16.8. The summed E-state index contributed by atoms with van der Waals surface area (Å²) in [5.74, 6) is 0.467. The van der Waals surface area contributed by atoms with Crippen LogP contribution in [0.3, 0.4) is 0 Å². The molecule has 0 saturated heterocycles. The number of hydrogen-bond acceptors (Lipinski definition) is 4. The average molecular weight is 391 g/mol. The molecule has 1 aliphatic rings. The van der Waals surface area contributed by atoms with Gasteiger partial charge in [0.1, 0.15) is 9.71 Å². The standard InChI is InChI=1S/C19H16Cl2N2OS/c1-9-2-5-15-10(6-9)7-13-16(22)18(25-19(13)23-15)17(24)12-4-3-11(20)8-14(12)21/h3-4,7-9H,2,5-6,22H2,1H3. The van der Waals surface area contributed by atoms with Gasteiger partial charge in [0.2, 0.25) is 5.78 Å². The quantitative estimate of drug-likeness (QED) is 0.584. The van der Waals surface area contributed by atoms with Gasteiger partial charge in [-0.3, -0.25) is 4.79 Å². The van der Waals surface area contributed by atoms with Crippen molar-refractivity contribution in [1.29, 1.82) is 0 Å². The van der Waals surface area contributed by atoms with Crippen LogP contribution >= 0.6 is 34.5 Å². The van der Waals surface area contributed by atoms with E-state index in [4.69, 9.17) is 33.9 Å². The van der Waals surface area contributed by atoms with Crippen molar-refractivity contribution in [3.8, 4) is 0 Å². The minimum Gasteiger partial charge on any atom is -0.397 e. The molecule has 0 spiro atoms. The number of hydrogen-bond donors (Lipinski definition) is 1. The first-order valence-corrected chi connectivity index (χ1v) is 9.71. The molecule has 2 N–H and O–H groups in total. The summed E-state index contributed by atoms with van der Waals surface area (Å²) in [5, 5.41) is 1.69. The van der Waals surface area contributed by atoms with Crippen LogP contribution in [0.15, 0.2) is 24.3 Å². The molecule has 1 aliphatic carbocycles. The first kappa shape index (κ1) is 16.8. The molecule has 0 aliphatic heterocycles. The Kier molecular flexibility index (Phi) is 4.22. The molecule has 25 heavy (non-hydrogen) atoms. The number of anilines is 1. The van der Waals surface area contributed by atoms with Crippen LogP contribution in [-0.4, -0.2) is 10.8 Å². The van der Waals surface area contributed by atoms with E-state index in [1.807, 2.05) is 0 Å². The van der Waals surface area contributed by atoms with Crippen LogP contribution < -0.4 is 5.73 Å². The maximum absolute atomic E-state index is 12.9. The Morgan fingerprint density at radius 1 is 1.32 bits per heavy atom. The van der Waals surface area contributed by atoms with E-state index < -0.39 is 0 Å². The number of carbonyl (C=O) groups excluding carboxylic acids is 1. The van der Waals surface area contributed by atoms with E-state index in [-0.39, 0.29) is 5.78 Å². The van der Waals surface area contributed by atoms with Gasteiger partial charge in [-0.25, -0.2) is 4.98 Å². The molecule has 3 nitrogen and oxygen atoms in total. The second kappa shape index (κ2) is 6.27. The van der Waals surface area contributed by atoms with Crippen molar-refractivity contribution in [2.45, 2.75) is 26.2 Å². The van der Waals surface area contributed by atoms with Crippen molar-refractivity contribution in [2.75, 3.05) is 5.73 Å². The number of aromatic nitrogens is 1. The smallest absolute Gasteiger partial charge is 0.206 e. The molecule has 4 rings (SSSR count). The molecule has 128 valence electrons. The van der Waals surface area contributed by atoms with Gasteiger partial charge in [0.25, 0.3) is 0 Å².